The SMILES string of the molecule is CC(C)C(=O)Oc1coc2c(Cl)c(Cl)ccc12. The van der Waals surface area contributed by atoms with E-state index in [1.165, 1.54) is 6.26 Å². The van der Waals surface area contributed by atoms with Gasteiger partial charge >= 0.3 is 5.97 Å². The number of esters is 1. The summed E-state index contributed by atoms with van der Waals surface area (Å²) in [5.74, 6) is -0.168. The Kier molecular flexibility index (Phi) is 3.31. The molecule has 90 valence electrons. The smallest absolute Gasteiger partial charge is 0.313 e. The number of fused-ring (bicyclic) bond motifs is 1. The van der Waals surface area contributed by atoms with Crippen LogP contribution in [-0.2, 0) is 4.79 Å². The van der Waals surface area contributed by atoms with E-state index in [1.807, 2.05) is 0 Å². The molecule has 0 unspecified atom stereocenters. The number of hydrogen-bond acceptors (Lipinski definition) is 3. The molecule has 0 spiro atoms. The molecule has 0 saturated heterocycles. The minimum absolute atomic E-state index is 0.206. The summed E-state index contributed by atoms with van der Waals surface area (Å²) in [5.41, 5.74) is 0.422. The maximum Gasteiger partial charge on any atom is 0.313 e. The number of hydrogen-bond donors (Lipinski definition) is 0. The standard InChI is InChI=1S/C12H10Cl2O3/c1-6(2)12(15)17-9-5-16-11-7(9)3-4-8(13)10(11)14/h3-6H,1-2H3. The number of carbonyl (C=O) groups is 1. The van der Waals surface area contributed by atoms with Gasteiger partial charge < -0.3 is 9.15 Å². The van der Waals surface area contributed by atoms with Crippen LogP contribution in [0.3, 0.4) is 0 Å². The number of furan rings is 1. The van der Waals surface area contributed by atoms with Crippen LogP contribution in [0.1, 0.15) is 13.8 Å². The third-order valence-corrected chi connectivity index (χ3v) is 3.07. The van der Waals surface area contributed by atoms with Gasteiger partial charge in [-0.05, 0) is 12.1 Å². The van der Waals surface area contributed by atoms with Crippen molar-refractivity contribution < 1.29 is 13.9 Å². The Morgan fingerprint density at radius 1 is 1.35 bits per heavy atom. The van der Waals surface area contributed by atoms with Crippen molar-refractivity contribution in [2.75, 3.05) is 0 Å². The lowest BCUT2D eigenvalue weighted by atomic mass is 10.2. The van der Waals surface area contributed by atoms with E-state index in [4.69, 9.17) is 32.4 Å². The molecule has 0 aliphatic carbocycles. The van der Waals surface area contributed by atoms with E-state index in [0.29, 0.717) is 26.8 Å². The molecule has 0 saturated carbocycles. The second kappa shape index (κ2) is 4.59. The molecule has 0 N–H and O–H groups in total. The van der Waals surface area contributed by atoms with Crippen LogP contribution in [0.5, 0.6) is 5.75 Å². The molecule has 5 heteroatoms. The third-order valence-electron chi connectivity index (χ3n) is 2.28. The molecular weight excluding hydrogens is 263 g/mol. The fraction of sp³-hybridized carbons (Fsp3) is 0.250. The molecule has 0 fully saturated rings. The summed E-state index contributed by atoms with van der Waals surface area (Å²) in [6.07, 6.45) is 1.35. The van der Waals surface area contributed by atoms with Crippen molar-refractivity contribution in [1.82, 2.24) is 0 Å². The summed E-state index contributed by atoms with van der Waals surface area (Å²) in [6, 6.07) is 3.34. The topological polar surface area (TPSA) is 39.4 Å². The minimum Gasteiger partial charge on any atom is -0.459 e. The van der Waals surface area contributed by atoms with Crippen molar-refractivity contribution in [3.63, 3.8) is 0 Å². The molecule has 0 aliphatic rings. The lowest BCUT2D eigenvalue weighted by Crippen LogP contribution is -2.14. The van der Waals surface area contributed by atoms with Gasteiger partial charge in [0.15, 0.2) is 11.3 Å². The molecular formula is C12H10Cl2O3. The fourth-order valence-corrected chi connectivity index (χ4v) is 1.68. The van der Waals surface area contributed by atoms with Crippen molar-refractivity contribution >= 4 is 40.1 Å². The van der Waals surface area contributed by atoms with Crippen molar-refractivity contribution in [3.8, 4) is 5.75 Å². The molecule has 2 rings (SSSR count). The molecule has 0 amide bonds. The Morgan fingerprint density at radius 2 is 2.06 bits per heavy atom. The van der Waals surface area contributed by atoms with Gasteiger partial charge in [0.25, 0.3) is 0 Å². The first-order valence-electron chi connectivity index (χ1n) is 5.07. The summed E-state index contributed by atoms with van der Waals surface area (Å²) >= 11 is 11.8. The van der Waals surface area contributed by atoms with Crippen LogP contribution in [0, 0.1) is 5.92 Å². The summed E-state index contributed by atoms with van der Waals surface area (Å²) in [7, 11) is 0. The number of halogens is 2. The highest BCUT2D eigenvalue weighted by molar-refractivity contribution is 6.44. The van der Waals surface area contributed by atoms with Gasteiger partial charge in [-0.3, -0.25) is 4.79 Å². The van der Waals surface area contributed by atoms with E-state index >= 15 is 0 Å². The van der Waals surface area contributed by atoms with Gasteiger partial charge in [0.05, 0.1) is 16.3 Å². The van der Waals surface area contributed by atoms with E-state index < -0.39 is 0 Å². The second-order valence-corrected chi connectivity index (χ2v) is 4.70. The van der Waals surface area contributed by atoms with Gasteiger partial charge in [0.1, 0.15) is 11.3 Å². The van der Waals surface area contributed by atoms with E-state index in [0.717, 1.165) is 0 Å². The van der Waals surface area contributed by atoms with Crippen molar-refractivity contribution in [2.24, 2.45) is 5.92 Å². The van der Waals surface area contributed by atoms with Gasteiger partial charge in [-0.25, -0.2) is 0 Å². The van der Waals surface area contributed by atoms with Crippen LogP contribution >= 0.6 is 23.2 Å². The van der Waals surface area contributed by atoms with E-state index in [2.05, 4.69) is 0 Å². The lowest BCUT2D eigenvalue weighted by molar-refractivity contribution is -0.137. The molecule has 17 heavy (non-hydrogen) atoms. The Labute approximate surface area is 108 Å². The van der Waals surface area contributed by atoms with Gasteiger partial charge in [0, 0.05) is 0 Å². The third kappa shape index (κ3) is 2.26. The van der Waals surface area contributed by atoms with Gasteiger partial charge in [-0.15, -0.1) is 0 Å². The first-order chi connectivity index (χ1) is 8.00. The van der Waals surface area contributed by atoms with Crippen LogP contribution in [0.25, 0.3) is 11.0 Å². The van der Waals surface area contributed by atoms with Crippen LogP contribution in [-0.4, -0.2) is 5.97 Å². The second-order valence-electron chi connectivity index (χ2n) is 3.91. The molecule has 2 aromatic rings. The summed E-state index contributed by atoms with van der Waals surface area (Å²) in [4.78, 5) is 11.5. The maximum absolute atomic E-state index is 11.5. The zero-order valence-electron chi connectivity index (χ0n) is 9.29. The maximum atomic E-state index is 11.5. The van der Waals surface area contributed by atoms with Crippen molar-refractivity contribution in [3.05, 3.63) is 28.4 Å². The summed E-state index contributed by atoms with van der Waals surface area (Å²) in [6.45, 7) is 3.52. The Morgan fingerprint density at radius 3 is 2.71 bits per heavy atom. The average molecular weight is 273 g/mol. The first-order valence-corrected chi connectivity index (χ1v) is 5.83. The molecule has 0 radical (unpaired) electrons. The van der Waals surface area contributed by atoms with Crippen LogP contribution < -0.4 is 4.74 Å². The van der Waals surface area contributed by atoms with E-state index in [9.17, 15) is 4.79 Å². The molecule has 0 bridgehead atoms. The highest BCUT2D eigenvalue weighted by Crippen LogP contribution is 2.37. The number of benzene rings is 1. The van der Waals surface area contributed by atoms with Crippen molar-refractivity contribution in [2.45, 2.75) is 13.8 Å². The van der Waals surface area contributed by atoms with Crippen molar-refractivity contribution in [1.29, 1.82) is 0 Å². The van der Waals surface area contributed by atoms with E-state index in [1.54, 1.807) is 26.0 Å². The van der Waals surface area contributed by atoms with Crippen LogP contribution in [0.15, 0.2) is 22.8 Å². The highest BCUT2D eigenvalue weighted by atomic mass is 35.5. The molecule has 3 nitrogen and oxygen atoms in total. The lowest BCUT2D eigenvalue weighted by Gasteiger charge is -2.04. The molecule has 0 atom stereocenters. The van der Waals surface area contributed by atoms with Gasteiger partial charge in [-0.2, -0.15) is 0 Å². The quantitative estimate of drug-likeness (QED) is 0.766. The molecule has 1 aromatic carbocycles. The fourth-order valence-electron chi connectivity index (χ4n) is 1.32. The predicted octanol–water partition coefficient (Wildman–Crippen LogP) is 4.30. The minimum atomic E-state index is -0.321. The number of rotatable bonds is 2. The Balaban J connectivity index is 2.44. The van der Waals surface area contributed by atoms with E-state index in [-0.39, 0.29) is 11.9 Å². The Bertz CT molecular complexity index is 572. The first kappa shape index (κ1) is 12.3. The highest BCUT2D eigenvalue weighted by Gasteiger charge is 2.16. The van der Waals surface area contributed by atoms with Crippen LogP contribution in [0.4, 0.5) is 0 Å². The van der Waals surface area contributed by atoms with Crippen LogP contribution in [0.2, 0.25) is 10.0 Å². The zero-order valence-corrected chi connectivity index (χ0v) is 10.8. The summed E-state index contributed by atoms with van der Waals surface area (Å²) in [5, 5.41) is 1.35. The molecule has 1 heterocycles. The predicted molar refractivity (Wildman–Crippen MR) is 66.7 cm³/mol. The Hall–Kier alpha value is -1.19. The van der Waals surface area contributed by atoms with Gasteiger partial charge in [-0.1, -0.05) is 37.0 Å². The monoisotopic (exact) mass is 272 g/mol. The molecule has 0 aliphatic heterocycles. The molecule has 1 aromatic heterocycles. The van der Waals surface area contributed by atoms with Gasteiger partial charge in [0.2, 0.25) is 0 Å². The normalized spacial score (nSPS) is 11.1. The zero-order chi connectivity index (χ0) is 12.6. The number of ether oxygens (including phenoxy) is 1. The number of carbonyl (C=O) groups excluding carboxylic acids is 1. The average Bonchev–Trinajstić information content (AvgIpc) is 2.67. The largest absolute Gasteiger partial charge is 0.459 e. The summed E-state index contributed by atoms with van der Waals surface area (Å²) < 4.78 is 10.4.